The molecule has 0 radical (unpaired) electrons. The van der Waals surface area contributed by atoms with Crippen LogP contribution in [0.25, 0.3) is 0 Å². The molecular formula is C15H17ClN2OS. The van der Waals surface area contributed by atoms with Gasteiger partial charge in [-0.2, -0.15) is 0 Å². The highest BCUT2D eigenvalue weighted by molar-refractivity contribution is 7.12. The standard InChI is InChI=1S/C15H17ClN2OS/c1-10-7-12(20-11(10)2)8-17-9-15(19)18-14-6-4-3-5-13(14)16/h3-7,17H,8-9H2,1-2H3,(H,18,19). The highest BCUT2D eigenvalue weighted by Gasteiger charge is 2.06. The minimum absolute atomic E-state index is 0.0944. The van der Waals surface area contributed by atoms with Crippen molar-refractivity contribution in [1.29, 1.82) is 0 Å². The van der Waals surface area contributed by atoms with E-state index in [0.717, 1.165) is 0 Å². The molecule has 1 amide bonds. The maximum absolute atomic E-state index is 11.8. The summed E-state index contributed by atoms with van der Waals surface area (Å²) in [5.41, 5.74) is 1.94. The Morgan fingerprint density at radius 3 is 2.70 bits per heavy atom. The van der Waals surface area contributed by atoms with E-state index in [1.54, 1.807) is 23.5 Å². The van der Waals surface area contributed by atoms with Crippen LogP contribution < -0.4 is 10.6 Å². The first-order valence-electron chi connectivity index (χ1n) is 6.37. The number of carbonyl (C=O) groups excluding carboxylic acids is 1. The van der Waals surface area contributed by atoms with Crippen molar-refractivity contribution >= 4 is 34.5 Å². The Morgan fingerprint density at radius 2 is 2.05 bits per heavy atom. The lowest BCUT2D eigenvalue weighted by molar-refractivity contribution is -0.115. The summed E-state index contributed by atoms with van der Waals surface area (Å²) in [4.78, 5) is 14.4. The summed E-state index contributed by atoms with van der Waals surface area (Å²) >= 11 is 7.74. The fourth-order valence-corrected chi connectivity index (χ4v) is 3.00. The van der Waals surface area contributed by atoms with Gasteiger partial charge in [0.2, 0.25) is 5.91 Å². The van der Waals surface area contributed by atoms with Crippen molar-refractivity contribution in [2.24, 2.45) is 0 Å². The maximum atomic E-state index is 11.8. The minimum atomic E-state index is -0.0944. The molecule has 3 nitrogen and oxygen atoms in total. The van der Waals surface area contributed by atoms with Gasteiger partial charge in [-0.3, -0.25) is 4.79 Å². The number of rotatable bonds is 5. The number of amides is 1. The zero-order chi connectivity index (χ0) is 14.5. The van der Waals surface area contributed by atoms with Gasteiger partial charge in [0.05, 0.1) is 17.3 Å². The SMILES string of the molecule is Cc1cc(CNCC(=O)Nc2ccccc2Cl)sc1C. The van der Waals surface area contributed by atoms with Gasteiger partial charge in [0, 0.05) is 16.3 Å². The quantitative estimate of drug-likeness (QED) is 0.883. The normalized spacial score (nSPS) is 10.6. The number of benzene rings is 1. The predicted octanol–water partition coefficient (Wildman–Crippen LogP) is 3.75. The van der Waals surface area contributed by atoms with Crippen molar-refractivity contribution in [3.05, 3.63) is 50.7 Å². The third kappa shape index (κ3) is 4.07. The number of hydrogen-bond donors (Lipinski definition) is 2. The summed E-state index contributed by atoms with van der Waals surface area (Å²) in [7, 11) is 0. The first kappa shape index (κ1) is 15.0. The molecule has 0 atom stereocenters. The fraction of sp³-hybridized carbons (Fsp3) is 0.267. The zero-order valence-electron chi connectivity index (χ0n) is 11.5. The number of aryl methyl sites for hydroxylation is 2. The molecular weight excluding hydrogens is 292 g/mol. The van der Waals surface area contributed by atoms with Crippen LogP contribution >= 0.6 is 22.9 Å². The second-order valence-corrected chi connectivity index (χ2v) is 6.33. The molecule has 0 aliphatic carbocycles. The Kier molecular flexibility index (Phi) is 5.17. The van der Waals surface area contributed by atoms with Crippen LogP contribution in [0.3, 0.4) is 0 Å². The fourth-order valence-electron chi connectivity index (χ4n) is 1.79. The van der Waals surface area contributed by atoms with Gasteiger partial charge in [-0.05, 0) is 37.6 Å². The number of halogens is 1. The second kappa shape index (κ2) is 6.88. The third-order valence-corrected chi connectivity index (χ3v) is 4.43. The molecule has 0 fully saturated rings. The molecule has 5 heteroatoms. The van der Waals surface area contributed by atoms with Crippen LogP contribution in [0.1, 0.15) is 15.3 Å². The van der Waals surface area contributed by atoms with E-state index in [-0.39, 0.29) is 12.5 Å². The van der Waals surface area contributed by atoms with Gasteiger partial charge in [-0.1, -0.05) is 23.7 Å². The Balaban J connectivity index is 1.80. The number of anilines is 1. The molecule has 106 valence electrons. The Bertz CT molecular complexity index is 590. The molecule has 20 heavy (non-hydrogen) atoms. The van der Waals surface area contributed by atoms with Crippen LogP contribution in [0.15, 0.2) is 30.3 Å². The van der Waals surface area contributed by atoms with Gasteiger partial charge in [-0.25, -0.2) is 0 Å². The first-order valence-corrected chi connectivity index (χ1v) is 7.56. The van der Waals surface area contributed by atoms with Gasteiger partial charge in [0.25, 0.3) is 0 Å². The lowest BCUT2D eigenvalue weighted by Crippen LogP contribution is -2.27. The average Bonchev–Trinajstić information content (AvgIpc) is 2.71. The van der Waals surface area contributed by atoms with Crippen LogP contribution in [0.4, 0.5) is 5.69 Å². The number of nitrogens with one attached hydrogen (secondary N) is 2. The molecule has 1 heterocycles. The van der Waals surface area contributed by atoms with E-state index >= 15 is 0 Å². The molecule has 0 aliphatic rings. The van der Waals surface area contributed by atoms with Crippen LogP contribution in [0, 0.1) is 13.8 Å². The second-order valence-electron chi connectivity index (χ2n) is 4.58. The van der Waals surface area contributed by atoms with E-state index in [0.29, 0.717) is 17.3 Å². The number of para-hydroxylation sites is 1. The highest BCUT2D eigenvalue weighted by Crippen LogP contribution is 2.21. The molecule has 0 saturated carbocycles. The van der Waals surface area contributed by atoms with Crippen molar-refractivity contribution in [2.75, 3.05) is 11.9 Å². The lowest BCUT2D eigenvalue weighted by Gasteiger charge is -2.07. The average molecular weight is 309 g/mol. The summed E-state index contributed by atoms with van der Waals surface area (Å²) in [6.07, 6.45) is 0. The lowest BCUT2D eigenvalue weighted by atomic mass is 10.3. The van der Waals surface area contributed by atoms with E-state index in [4.69, 9.17) is 11.6 Å². The van der Waals surface area contributed by atoms with Crippen molar-refractivity contribution < 1.29 is 4.79 Å². The third-order valence-electron chi connectivity index (χ3n) is 2.95. The number of thiophene rings is 1. The Hall–Kier alpha value is -1.36. The molecule has 1 aromatic heterocycles. The molecule has 2 aromatic rings. The maximum Gasteiger partial charge on any atom is 0.238 e. The van der Waals surface area contributed by atoms with Crippen molar-refractivity contribution in [1.82, 2.24) is 5.32 Å². The molecule has 0 unspecified atom stereocenters. The van der Waals surface area contributed by atoms with Crippen LogP contribution in [0.5, 0.6) is 0 Å². The Morgan fingerprint density at radius 1 is 1.30 bits per heavy atom. The van der Waals surface area contributed by atoms with Crippen LogP contribution in [-0.4, -0.2) is 12.5 Å². The summed E-state index contributed by atoms with van der Waals surface area (Å²) < 4.78 is 0. The zero-order valence-corrected chi connectivity index (χ0v) is 13.1. The number of carbonyl (C=O) groups is 1. The van der Waals surface area contributed by atoms with Gasteiger partial charge < -0.3 is 10.6 Å². The van der Waals surface area contributed by atoms with E-state index in [9.17, 15) is 4.79 Å². The van der Waals surface area contributed by atoms with E-state index in [1.165, 1.54) is 15.3 Å². The van der Waals surface area contributed by atoms with Gasteiger partial charge >= 0.3 is 0 Å². The van der Waals surface area contributed by atoms with Crippen LogP contribution in [-0.2, 0) is 11.3 Å². The van der Waals surface area contributed by atoms with Gasteiger partial charge in [0.15, 0.2) is 0 Å². The monoisotopic (exact) mass is 308 g/mol. The molecule has 0 aliphatic heterocycles. The Labute approximate surface area is 128 Å². The first-order chi connectivity index (χ1) is 9.56. The van der Waals surface area contributed by atoms with Gasteiger partial charge in [-0.15, -0.1) is 11.3 Å². The molecule has 2 N–H and O–H groups in total. The van der Waals surface area contributed by atoms with E-state index in [2.05, 4.69) is 30.5 Å². The number of hydrogen-bond acceptors (Lipinski definition) is 3. The summed E-state index contributed by atoms with van der Waals surface area (Å²) in [6.45, 7) is 5.17. The topological polar surface area (TPSA) is 41.1 Å². The molecule has 0 bridgehead atoms. The van der Waals surface area contributed by atoms with E-state index < -0.39 is 0 Å². The van der Waals surface area contributed by atoms with Crippen molar-refractivity contribution in [2.45, 2.75) is 20.4 Å². The molecule has 0 saturated heterocycles. The van der Waals surface area contributed by atoms with Crippen molar-refractivity contribution in [3.8, 4) is 0 Å². The summed E-state index contributed by atoms with van der Waals surface area (Å²) in [6, 6.07) is 9.36. The highest BCUT2D eigenvalue weighted by atomic mass is 35.5. The van der Waals surface area contributed by atoms with E-state index in [1.807, 2.05) is 12.1 Å². The molecule has 1 aromatic carbocycles. The molecule has 0 spiro atoms. The minimum Gasteiger partial charge on any atom is -0.324 e. The summed E-state index contributed by atoms with van der Waals surface area (Å²) in [5.74, 6) is -0.0944. The summed E-state index contributed by atoms with van der Waals surface area (Å²) in [5, 5.41) is 6.47. The van der Waals surface area contributed by atoms with Crippen LogP contribution in [0.2, 0.25) is 5.02 Å². The largest absolute Gasteiger partial charge is 0.324 e. The predicted molar refractivity (Wildman–Crippen MR) is 85.6 cm³/mol. The van der Waals surface area contributed by atoms with Gasteiger partial charge in [0.1, 0.15) is 0 Å². The smallest absolute Gasteiger partial charge is 0.238 e. The van der Waals surface area contributed by atoms with Crippen molar-refractivity contribution in [3.63, 3.8) is 0 Å². The molecule has 2 rings (SSSR count).